The average molecular weight is 292 g/mol. The number of hydrogen-bond acceptors (Lipinski definition) is 5. The van der Waals surface area contributed by atoms with Gasteiger partial charge in [-0.05, 0) is 19.1 Å². The first kappa shape index (κ1) is 14.4. The van der Waals surface area contributed by atoms with Crippen molar-refractivity contribution in [1.82, 2.24) is 4.98 Å². The third kappa shape index (κ3) is 3.11. The molecule has 0 atom stereocenters. The number of benzene rings is 1. The molecule has 7 nitrogen and oxygen atoms in total. The van der Waals surface area contributed by atoms with Gasteiger partial charge in [0.15, 0.2) is 0 Å². The van der Waals surface area contributed by atoms with Gasteiger partial charge < -0.3 is 9.84 Å². The van der Waals surface area contributed by atoms with Gasteiger partial charge >= 0.3 is 11.7 Å². The van der Waals surface area contributed by atoms with Crippen molar-refractivity contribution in [3.63, 3.8) is 0 Å². The number of hydrogen-bond donors (Lipinski definition) is 1. The van der Waals surface area contributed by atoms with Gasteiger partial charge in [0.1, 0.15) is 11.6 Å². The maximum Gasteiger partial charge on any atom is 0.338 e. The van der Waals surface area contributed by atoms with Crippen LogP contribution in [0.3, 0.4) is 0 Å². The van der Waals surface area contributed by atoms with Crippen molar-refractivity contribution in [1.29, 1.82) is 0 Å². The van der Waals surface area contributed by atoms with Crippen LogP contribution in [0.25, 0.3) is 0 Å². The molecule has 0 saturated carbocycles. The van der Waals surface area contributed by atoms with Crippen molar-refractivity contribution in [2.75, 3.05) is 0 Å². The zero-order chi connectivity index (χ0) is 15.6. The van der Waals surface area contributed by atoms with Crippen LogP contribution in [-0.4, -0.2) is 21.0 Å². The fourth-order valence-corrected chi connectivity index (χ4v) is 1.57. The molecule has 0 bridgehead atoms. The summed E-state index contributed by atoms with van der Waals surface area (Å²) in [4.78, 5) is 24.9. The molecular weight excluding hydrogens is 283 g/mol. The van der Waals surface area contributed by atoms with Gasteiger partial charge in [-0.25, -0.2) is 9.18 Å². The number of rotatable bonds is 4. The molecule has 0 spiro atoms. The van der Waals surface area contributed by atoms with Crippen LogP contribution in [0.4, 0.5) is 10.1 Å². The smallest absolute Gasteiger partial charge is 0.338 e. The number of nitro benzene ring substituents is 1. The van der Waals surface area contributed by atoms with E-state index in [0.717, 1.165) is 6.07 Å². The standard InChI is InChI=1S/C13H9FN2O5/c1-7-2-3-8(6-15-7)21-12-4-9(13(17)18)10(14)5-11(12)16(19)20/h2-6H,1H3,(H,17,18). The molecular formula is C13H9FN2O5. The second kappa shape index (κ2) is 5.53. The van der Waals surface area contributed by atoms with Gasteiger partial charge in [0.05, 0.1) is 22.7 Å². The van der Waals surface area contributed by atoms with Gasteiger partial charge in [0, 0.05) is 11.8 Å². The molecule has 1 aromatic carbocycles. The second-order valence-corrected chi connectivity index (χ2v) is 4.10. The van der Waals surface area contributed by atoms with Crippen LogP contribution in [0.2, 0.25) is 0 Å². The number of pyridine rings is 1. The number of aromatic carboxylic acids is 1. The van der Waals surface area contributed by atoms with Gasteiger partial charge in [-0.3, -0.25) is 15.1 Å². The fraction of sp³-hybridized carbons (Fsp3) is 0.0769. The zero-order valence-corrected chi connectivity index (χ0v) is 10.7. The Labute approximate surface area is 117 Å². The van der Waals surface area contributed by atoms with Crippen LogP contribution in [-0.2, 0) is 0 Å². The molecule has 1 N–H and O–H groups in total. The van der Waals surface area contributed by atoms with Gasteiger partial charge in [0.2, 0.25) is 5.75 Å². The van der Waals surface area contributed by atoms with Crippen LogP contribution in [0, 0.1) is 22.9 Å². The maximum absolute atomic E-state index is 13.5. The minimum atomic E-state index is -1.55. The highest BCUT2D eigenvalue weighted by Crippen LogP contribution is 2.33. The normalized spacial score (nSPS) is 10.2. The van der Waals surface area contributed by atoms with Crippen molar-refractivity contribution in [2.45, 2.75) is 6.92 Å². The summed E-state index contributed by atoms with van der Waals surface area (Å²) in [7, 11) is 0. The summed E-state index contributed by atoms with van der Waals surface area (Å²) < 4.78 is 18.7. The second-order valence-electron chi connectivity index (χ2n) is 4.10. The van der Waals surface area contributed by atoms with Gasteiger partial charge in [-0.2, -0.15) is 0 Å². The molecule has 0 aliphatic carbocycles. The highest BCUT2D eigenvalue weighted by Gasteiger charge is 2.23. The number of carboxylic acids is 1. The molecule has 8 heteroatoms. The number of aromatic nitrogens is 1. The van der Waals surface area contributed by atoms with Crippen LogP contribution >= 0.6 is 0 Å². The van der Waals surface area contributed by atoms with E-state index < -0.39 is 28.0 Å². The Morgan fingerprint density at radius 1 is 1.43 bits per heavy atom. The highest BCUT2D eigenvalue weighted by molar-refractivity contribution is 5.89. The lowest BCUT2D eigenvalue weighted by molar-refractivity contribution is -0.385. The molecule has 0 radical (unpaired) electrons. The van der Waals surface area contributed by atoms with Gasteiger partial charge in [-0.15, -0.1) is 0 Å². The zero-order valence-electron chi connectivity index (χ0n) is 10.7. The largest absolute Gasteiger partial charge is 0.478 e. The summed E-state index contributed by atoms with van der Waals surface area (Å²) in [5.74, 6) is -2.95. The highest BCUT2D eigenvalue weighted by atomic mass is 19.1. The molecule has 1 aromatic heterocycles. The molecule has 108 valence electrons. The Hall–Kier alpha value is -3.03. The monoisotopic (exact) mass is 292 g/mol. The number of carbonyl (C=O) groups is 1. The molecule has 0 aliphatic heterocycles. The van der Waals surface area contributed by atoms with Crippen LogP contribution in [0.15, 0.2) is 30.5 Å². The number of nitrogens with zero attached hydrogens (tertiary/aromatic N) is 2. The molecule has 21 heavy (non-hydrogen) atoms. The fourth-order valence-electron chi connectivity index (χ4n) is 1.57. The third-order valence-electron chi connectivity index (χ3n) is 2.59. The third-order valence-corrected chi connectivity index (χ3v) is 2.59. The van der Waals surface area contributed by atoms with E-state index in [4.69, 9.17) is 9.84 Å². The van der Waals surface area contributed by atoms with E-state index in [1.807, 2.05) is 0 Å². The Bertz CT molecular complexity index is 715. The summed E-state index contributed by atoms with van der Waals surface area (Å²) in [5, 5.41) is 19.7. The van der Waals surface area contributed by atoms with E-state index in [1.54, 1.807) is 13.0 Å². The SMILES string of the molecule is Cc1ccc(Oc2cc(C(=O)O)c(F)cc2[N+](=O)[O-])cn1. The topological polar surface area (TPSA) is 103 Å². The van der Waals surface area contributed by atoms with Gasteiger partial charge in [0.25, 0.3) is 0 Å². The molecule has 0 aliphatic rings. The Morgan fingerprint density at radius 3 is 2.67 bits per heavy atom. The molecule has 2 rings (SSSR count). The van der Waals surface area contributed by atoms with Crippen LogP contribution in [0.5, 0.6) is 11.5 Å². The van der Waals surface area contributed by atoms with E-state index in [9.17, 15) is 19.3 Å². The Morgan fingerprint density at radius 2 is 2.14 bits per heavy atom. The number of nitro groups is 1. The Kier molecular flexibility index (Phi) is 3.79. The molecule has 0 saturated heterocycles. The minimum Gasteiger partial charge on any atom is -0.478 e. The Balaban J connectivity index is 2.49. The van der Waals surface area contributed by atoms with Crippen molar-refractivity contribution in [3.05, 3.63) is 57.7 Å². The maximum atomic E-state index is 13.5. The van der Waals surface area contributed by atoms with Gasteiger partial charge in [-0.1, -0.05) is 0 Å². The summed E-state index contributed by atoms with van der Waals surface area (Å²) in [5.41, 5.74) is -0.670. The minimum absolute atomic E-state index is 0.173. The van der Waals surface area contributed by atoms with E-state index in [-0.39, 0.29) is 11.5 Å². The first-order valence-corrected chi connectivity index (χ1v) is 5.70. The first-order chi connectivity index (χ1) is 9.88. The molecule has 0 fully saturated rings. The average Bonchev–Trinajstić information content (AvgIpc) is 2.42. The molecule has 1 heterocycles. The number of carboxylic acid groups (broad SMARTS) is 1. The number of halogens is 1. The quantitative estimate of drug-likeness (QED) is 0.686. The van der Waals surface area contributed by atoms with E-state index in [2.05, 4.69) is 4.98 Å². The van der Waals surface area contributed by atoms with Crippen LogP contribution in [0.1, 0.15) is 16.1 Å². The molecule has 0 amide bonds. The number of ether oxygens (including phenoxy) is 1. The van der Waals surface area contributed by atoms with Crippen molar-refractivity contribution in [2.24, 2.45) is 0 Å². The predicted molar refractivity (Wildman–Crippen MR) is 69.1 cm³/mol. The van der Waals surface area contributed by atoms with Crippen molar-refractivity contribution < 1.29 is 24.0 Å². The molecule has 2 aromatic rings. The summed E-state index contributed by atoms with van der Waals surface area (Å²) in [6, 6.07) is 4.41. The van der Waals surface area contributed by atoms with Crippen LogP contribution < -0.4 is 4.74 Å². The van der Waals surface area contributed by atoms with E-state index in [1.165, 1.54) is 12.3 Å². The van der Waals surface area contributed by atoms with E-state index in [0.29, 0.717) is 11.8 Å². The predicted octanol–water partition coefficient (Wildman–Crippen LogP) is 2.93. The molecule has 0 unspecified atom stereocenters. The lowest BCUT2D eigenvalue weighted by Gasteiger charge is -2.07. The summed E-state index contributed by atoms with van der Waals surface area (Å²) in [6.07, 6.45) is 1.32. The summed E-state index contributed by atoms with van der Waals surface area (Å²) >= 11 is 0. The van der Waals surface area contributed by atoms with Crippen molar-refractivity contribution >= 4 is 11.7 Å². The number of aryl methyl sites for hydroxylation is 1. The first-order valence-electron chi connectivity index (χ1n) is 5.70. The van der Waals surface area contributed by atoms with Crippen molar-refractivity contribution in [3.8, 4) is 11.5 Å². The lowest BCUT2D eigenvalue weighted by Crippen LogP contribution is -2.03. The van der Waals surface area contributed by atoms with E-state index >= 15 is 0 Å². The lowest BCUT2D eigenvalue weighted by atomic mass is 10.1. The summed E-state index contributed by atoms with van der Waals surface area (Å²) in [6.45, 7) is 1.74.